The fraction of sp³-hybridized carbons (Fsp3) is 0.353. The van der Waals surface area contributed by atoms with E-state index >= 15 is 0 Å². The molecule has 1 amide bonds. The number of nitrogens with one attached hydrogen (secondary N) is 1. The summed E-state index contributed by atoms with van der Waals surface area (Å²) in [5.74, 6) is -0.765. The molecule has 0 radical (unpaired) electrons. The molecule has 0 unspecified atom stereocenters. The van der Waals surface area contributed by atoms with Crippen molar-refractivity contribution in [3.05, 3.63) is 40.9 Å². The molecule has 0 saturated carbocycles. The zero-order valence-corrected chi connectivity index (χ0v) is 15.7. The Bertz CT molecular complexity index is 1100. The van der Waals surface area contributed by atoms with E-state index in [0.717, 1.165) is 16.7 Å². The van der Waals surface area contributed by atoms with Gasteiger partial charge in [-0.1, -0.05) is 5.21 Å². The van der Waals surface area contributed by atoms with Crippen LogP contribution in [0.5, 0.6) is 5.75 Å². The number of halogens is 3. The van der Waals surface area contributed by atoms with Gasteiger partial charge in [0.25, 0.3) is 5.56 Å². The summed E-state index contributed by atoms with van der Waals surface area (Å²) < 4.78 is 42.9. The Hall–Kier alpha value is -3.44. The van der Waals surface area contributed by atoms with Crippen molar-refractivity contribution in [1.82, 2.24) is 29.9 Å². The average molecular weight is 410 g/mol. The normalized spacial score (nSPS) is 12.2. The lowest BCUT2D eigenvalue weighted by atomic mass is 10.1. The molecule has 2 aromatic heterocycles. The number of carbonyl (C=O) groups is 1. The molecule has 0 aliphatic rings. The Labute approximate surface area is 162 Å². The number of fused-ring (bicyclic) bond motifs is 1. The number of aromatic nitrogens is 5. The number of carbonyl (C=O) groups excluding carboxylic acids is 1. The van der Waals surface area contributed by atoms with Crippen molar-refractivity contribution in [3.63, 3.8) is 0 Å². The van der Waals surface area contributed by atoms with Crippen LogP contribution in [0.3, 0.4) is 0 Å². The lowest BCUT2D eigenvalue weighted by molar-refractivity contribution is -0.274. The van der Waals surface area contributed by atoms with Gasteiger partial charge in [-0.15, -0.1) is 18.3 Å². The quantitative estimate of drug-likeness (QED) is 0.703. The van der Waals surface area contributed by atoms with E-state index in [9.17, 15) is 22.8 Å². The second kappa shape index (κ2) is 7.18. The van der Waals surface area contributed by atoms with Gasteiger partial charge >= 0.3 is 6.36 Å². The number of hydrogen-bond acceptors (Lipinski definition) is 6. The van der Waals surface area contributed by atoms with Gasteiger partial charge in [0.05, 0.1) is 5.69 Å². The fourth-order valence-electron chi connectivity index (χ4n) is 2.53. The minimum Gasteiger partial charge on any atom is -0.406 e. The van der Waals surface area contributed by atoms with Crippen molar-refractivity contribution >= 4 is 17.1 Å². The summed E-state index contributed by atoms with van der Waals surface area (Å²) in [6.45, 7) is 5.19. The van der Waals surface area contributed by atoms with Crippen LogP contribution in [-0.2, 0) is 11.3 Å². The van der Waals surface area contributed by atoms with Crippen molar-refractivity contribution < 1.29 is 22.7 Å². The second-order valence-corrected chi connectivity index (χ2v) is 7.19. The molecule has 29 heavy (non-hydrogen) atoms. The molecular weight excluding hydrogens is 393 g/mol. The molecule has 0 fully saturated rings. The monoisotopic (exact) mass is 410 g/mol. The fourth-order valence-corrected chi connectivity index (χ4v) is 2.53. The number of hydrogen-bond donors (Lipinski definition) is 1. The summed E-state index contributed by atoms with van der Waals surface area (Å²) >= 11 is 0. The van der Waals surface area contributed by atoms with Gasteiger partial charge in [0, 0.05) is 5.54 Å². The van der Waals surface area contributed by atoms with Crippen LogP contribution in [0.4, 0.5) is 13.2 Å². The molecule has 0 bridgehead atoms. The maximum atomic E-state index is 12.6. The lowest BCUT2D eigenvalue weighted by Crippen LogP contribution is -2.43. The van der Waals surface area contributed by atoms with Crippen LogP contribution in [0, 0.1) is 0 Å². The highest BCUT2D eigenvalue weighted by Gasteiger charge is 2.31. The van der Waals surface area contributed by atoms with Crippen LogP contribution in [0.15, 0.2) is 35.4 Å². The van der Waals surface area contributed by atoms with E-state index in [-0.39, 0.29) is 23.6 Å². The third-order valence-corrected chi connectivity index (χ3v) is 3.57. The van der Waals surface area contributed by atoms with Gasteiger partial charge in [0.1, 0.15) is 18.6 Å². The Morgan fingerprint density at radius 2 is 1.83 bits per heavy atom. The van der Waals surface area contributed by atoms with Crippen molar-refractivity contribution in [2.75, 3.05) is 0 Å². The van der Waals surface area contributed by atoms with Gasteiger partial charge < -0.3 is 10.1 Å². The Kier molecular flexibility index (Phi) is 5.03. The number of nitrogens with zero attached hydrogens (tertiary/aromatic N) is 5. The van der Waals surface area contributed by atoms with E-state index in [4.69, 9.17) is 0 Å². The molecule has 0 aliphatic heterocycles. The third kappa shape index (κ3) is 4.89. The first-order valence-electron chi connectivity index (χ1n) is 8.41. The highest BCUT2D eigenvalue weighted by molar-refractivity contribution is 5.77. The second-order valence-electron chi connectivity index (χ2n) is 7.19. The molecule has 0 spiro atoms. The largest absolute Gasteiger partial charge is 0.573 e. The SMILES string of the molecule is CC(C)(C)NC(=O)Cn1cnc2c(nnn2-c2ccc(OC(F)(F)F)cc2)c1=O. The maximum absolute atomic E-state index is 12.6. The molecule has 154 valence electrons. The predicted octanol–water partition coefficient (Wildman–Crippen LogP) is 1.79. The minimum absolute atomic E-state index is 0.0772. The number of alkyl halides is 3. The predicted molar refractivity (Wildman–Crippen MR) is 95.5 cm³/mol. The molecule has 9 nitrogen and oxygen atoms in total. The molecule has 12 heteroatoms. The molecule has 1 aromatic carbocycles. The molecule has 3 rings (SSSR count). The van der Waals surface area contributed by atoms with Crippen LogP contribution in [-0.4, -0.2) is 42.4 Å². The Morgan fingerprint density at radius 3 is 2.41 bits per heavy atom. The van der Waals surface area contributed by atoms with Crippen molar-refractivity contribution in [2.45, 2.75) is 39.2 Å². The summed E-state index contributed by atoms with van der Waals surface area (Å²) in [6.07, 6.45) is -3.61. The van der Waals surface area contributed by atoms with Gasteiger partial charge in [0.15, 0.2) is 11.2 Å². The zero-order valence-electron chi connectivity index (χ0n) is 15.7. The van der Waals surface area contributed by atoms with E-state index in [1.165, 1.54) is 23.1 Å². The topological polar surface area (TPSA) is 104 Å². The summed E-state index contributed by atoms with van der Waals surface area (Å²) in [7, 11) is 0. The van der Waals surface area contributed by atoms with Gasteiger partial charge in [-0.3, -0.25) is 14.2 Å². The summed E-state index contributed by atoms with van der Waals surface area (Å²) in [5, 5.41) is 10.4. The van der Waals surface area contributed by atoms with Gasteiger partial charge in [-0.25, -0.2) is 4.98 Å². The Balaban J connectivity index is 1.88. The standard InChI is InChI=1S/C17H17F3N6O3/c1-16(2,3)22-12(27)8-25-9-21-14-13(15(25)28)23-24-26(14)10-4-6-11(7-5-10)29-17(18,19)20/h4-7,9H,8H2,1-3H3,(H,22,27). The summed E-state index contributed by atoms with van der Waals surface area (Å²) in [6, 6.07) is 4.85. The van der Waals surface area contributed by atoms with Crippen LogP contribution in [0.2, 0.25) is 0 Å². The van der Waals surface area contributed by atoms with E-state index in [2.05, 4.69) is 25.3 Å². The van der Waals surface area contributed by atoms with E-state index in [0.29, 0.717) is 5.69 Å². The van der Waals surface area contributed by atoms with Crippen molar-refractivity contribution in [3.8, 4) is 11.4 Å². The molecular formula is C17H17F3N6O3. The number of ether oxygens (including phenoxy) is 1. The van der Waals surface area contributed by atoms with Crippen molar-refractivity contribution in [2.24, 2.45) is 0 Å². The zero-order chi connectivity index (χ0) is 21.4. The molecule has 0 atom stereocenters. The molecule has 0 saturated heterocycles. The average Bonchev–Trinajstić information content (AvgIpc) is 3.00. The molecule has 0 aliphatic carbocycles. The summed E-state index contributed by atoms with van der Waals surface area (Å²) in [5.41, 5.74) is -0.665. The lowest BCUT2D eigenvalue weighted by Gasteiger charge is -2.20. The number of rotatable bonds is 4. The minimum atomic E-state index is -4.80. The highest BCUT2D eigenvalue weighted by atomic mass is 19.4. The van der Waals surface area contributed by atoms with Crippen LogP contribution >= 0.6 is 0 Å². The van der Waals surface area contributed by atoms with Crippen LogP contribution in [0.1, 0.15) is 20.8 Å². The van der Waals surface area contributed by atoms with E-state index < -0.39 is 23.2 Å². The maximum Gasteiger partial charge on any atom is 0.573 e. The van der Waals surface area contributed by atoms with Gasteiger partial charge in [0.2, 0.25) is 5.91 Å². The van der Waals surface area contributed by atoms with Gasteiger partial charge in [-0.05, 0) is 45.0 Å². The van der Waals surface area contributed by atoms with Crippen LogP contribution < -0.4 is 15.6 Å². The smallest absolute Gasteiger partial charge is 0.406 e. The van der Waals surface area contributed by atoms with Crippen LogP contribution in [0.25, 0.3) is 16.9 Å². The first-order chi connectivity index (χ1) is 13.4. The highest BCUT2D eigenvalue weighted by Crippen LogP contribution is 2.24. The Morgan fingerprint density at radius 1 is 1.17 bits per heavy atom. The molecule has 2 heterocycles. The third-order valence-electron chi connectivity index (χ3n) is 3.57. The first-order valence-corrected chi connectivity index (χ1v) is 8.41. The molecule has 1 N–H and O–H groups in total. The number of amides is 1. The van der Waals surface area contributed by atoms with E-state index in [1.807, 2.05) is 20.8 Å². The van der Waals surface area contributed by atoms with E-state index in [1.54, 1.807) is 0 Å². The number of benzene rings is 1. The first kappa shape index (κ1) is 20.3. The van der Waals surface area contributed by atoms with Gasteiger partial charge in [-0.2, -0.15) is 4.68 Å². The van der Waals surface area contributed by atoms with Crippen molar-refractivity contribution in [1.29, 1.82) is 0 Å². The molecule has 3 aromatic rings. The summed E-state index contributed by atoms with van der Waals surface area (Å²) in [4.78, 5) is 28.7.